The molecule has 2 atom stereocenters. The van der Waals surface area contributed by atoms with Gasteiger partial charge in [0.25, 0.3) is 0 Å². The molecule has 136 valence electrons. The fraction of sp³-hybridized carbons (Fsp3) is 0.400. The number of hydrogen-bond acceptors (Lipinski definition) is 5. The van der Waals surface area contributed by atoms with Gasteiger partial charge in [-0.2, -0.15) is 0 Å². The van der Waals surface area contributed by atoms with Crippen LogP contribution in [0.2, 0.25) is 0 Å². The minimum atomic E-state index is -0.578. The second-order valence-corrected chi connectivity index (χ2v) is 5.87. The van der Waals surface area contributed by atoms with Gasteiger partial charge >= 0.3 is 0 Å². The van der Waals surface area contributed by atoms with Crippen molar-refractivity contribution in [3.05, 3.63) is 54.1 Å². The zero-order chi connectivity index (χ0) is 18.1. The molecule has 0 fully saturated rings. The molecule has 0 aliphatic rings. The molecule has 0 aliphatic heterocycles. The summed E-state index contributed by atoms with van der Waals surface area (Å²) in [4.78, 5) is 0. The van der Waals surface area contributed by atoms with Gasteiger partial charge in [0.1, 0.15) is 18.5 Å². The topological polar surface area (TPSA) is 60.0 Å². The summed E-state index contributed by atoms with van der Waals surface area (Å²) in [6.45, 7) is 2.96. The van der Waals surface area contributed by atoms with Crippen LogP contribution in [-0.4, -0.2) is 44.6 Å². The van der Waals surface area contributed by atoms with E-state index >= 15 is 0 Å². The first-order chi connectivity index (χ1) is 12.1. The van der Waals surface area contributed by atoms with Gasteiger partial charge in [-0.05, 0) is 49.7 Å². The van der Waals surface area contributed by atoms with Gasteiger partial charge in [-0.15, -0.1) is 0 Å². The quantitative estimate of drug-likeness (QED) is 0.693. The Hall–Kier alpha value is -2.24. The van der Waals surface area contributed by atoms with Crippen molar-refractivity contribution < 1.29 is 19.3 Å². The smallest absolute Gasteiger partial charge is 0.160 e. The van der Waals surface area contributed by atoms with Gasteiger partial charge in [-0.25, -0.2) is 0 Å². The van der Waals surface area contributed by atoms with Crippen molar-refractivity contribution in [2.24, 2.45) is 0 Å². The highest BCUT2D eigenvalue weighted by Crippen LogP contribution is 2.27. The minimum absolute atomic E-state index is 0.0659. The van der Waals surface area contributed by atoms with Crippen LogP contribution in [-0.2, 0) is 6.42 Å². The molecule has 0 heterocycles. The maximum atomic E-state index is 10.2. The molecule has 0 spiro atoms. The van der Waals surface area contributed by atoms with E-state index in [1.54, 1.807) is 14.2 Å². The minimum Gasteiger partial charge on any atom is -0.493 e. The summed E-state index contributed by atoms with van der Waals surface area (Å²) >= 11 is 0. The monoisotopic (exact) mass is 345 g/mol. The normalized spacial score (nSPS) is 13.1. The van der Waals surface area contributed by atoms with E-state index in [4.69, 9.17) is 14.2 Å². The lowest BCUT2D eigenvalue weighted by Crippen LogP contribution is -2.41. The molecule has 25 heavy (non-hydrogen) atoms. The molecule has 0 aromatic heterocycles. The number of aliphatic hydroxyl groups is 1. The number of rotatable bonds is 10. The first-order valence-electron chi connectivity index (χ1n) is 8.44. The van der Waals surface area contributed by atoms with Crippen LogP contribution in [0.1, 0.15) is 12.5 Å². The van der Waals surface area contributed by atoms with Crippen LogP contribution in [0.4, 0.5) is 0 Å². The first-order valence-corrected chi connectivity index (χ1v) is 8.44. The number of nitrogens with one attached hydrogen (secondary N) is 1. The number of ether oxygens (including phenoxy) is 3. The molecule has 2 aromatic carbocycles. The molecule has 0 aliphatic carbocycles. The third kappa shape index (κ3) is 5.96. The summed E-state index contributed by atoms with van der Waals surface area (Å²) < 4.78 is 16.1. The zero-order valence-electron chi connectivity index (χ0n) is 15.1. The van der Waals surface area contributed by atoms with E-state index in [1.165, 1.54) is 0 Å². The predicted octanol–water partition coefficient (Wildman–Crippen LogP) is 2.66. The summed E-state index contributed by atoms with van der Waals surface area (Å²) in [5.41, 5.74) is 1.15. The molecule has 0 radical (unpaired) electrons. The van der Waals surface area contributed by atoms with Crippen LogP contribution in [0.25, 0.3) is 0 Å². The fourth-order valence-corrected chi connectivity index (χ4v) is 2.46. The average Bonchev–Trinajstić information content (AvgIpc) is 2.66. The summed E-state index contributed by atoms with van der Waals surface area (Å²) in [5, 5.41) is 13.5. The maximum Gasteiger partial charge on any atom is 0.160 e. The summed E-state index contributed by atoms with van der Waals surface area (Å²) in [7, 11) is 3.25. The average molecular weight is 345 g/mol. The Balaban J connectivity index is 1.75. The second-order valence-electron chi connectivity index (χ2n) is 5.87. The molecule has 0 saturated carbocycles. The van der Waals surface area contributed by atoms with Crippen molar-refractivity contribution in [3.8, 4) is 17.2 Å². The molecule has 5 heteroatoms. The molecule has 0 bridgehead atoms. The molecule has 5 nitrogen and oxygen atoms in total. The molecular formula is C20H27NO4. The summed E-state index contributed by atoms with van der Waals surface area (Å²) in [6, 6.07) is 15.3. The van der Waals surface area contributed by atoms with Crippen LogP contribution in [0, 0.1) is 0 Å². The molecule has 2 N–H and O–H groups in total. The maximum absolute atomic E-state index is 10.2. The van der Waals surface area contributed by atoms with Crippen LogP contribution in [0.15, 0.2) is 48.5 Å². The van der Waals surface area contributed by atoms with Crippen molar-refractivity contribution in [1.82, 2.24) is 5.32 Å². The van der Waals surface area contributed by atoms with E-state index in [-0.39, 0.29) is 12.6 Å². The first kappa shape index (κ1) is 19.1. The summed E-state index contributed by atoms with van der Waals surface area (Å²) in [5.74, 6) is 2.21. The highest BCUT2D eigenvalue weighted by atomic mass is 16.5. The number of methoxy groups -OCH3 is 2. The van der Waals surface area contributed by atoms with E-state index in [0.29, 0.717) is 0 Å². The van der Waals surface area contributed by atoms with Gasteiger partial charge in [-0.3, -0.25) is 0 Å². The largest absolute Gasteiger partial charge is 0.493 e. The molecule has 2 rings (SSSR count). The lowest BCUT2D eigenvalue weighted by molar-refractivity contribution is 0.0788. The Kier molecular flexibility index (Phi) is 7.57. The van der Waals surface area contributed by atoms with Crippen LogP contribution >= 0.6 is 0 Å². The Labute approximate surface area is 149 Å². The molecule has 2 aromatic rings. The Morgan fingerprint density at radius 1 is 1.00 bits per heavy atom. The van der Waals surface area contributed by atoms with Gasteiger partial charge in [0.05, 0.1) is 14.2 Å². The van der Waals surface area contributed by atoms with Gasteiger partial charge in [0.2, 0.25) is 0 Å². The van der Waals surface area contributed by atoms with E-state index in [0.717, 1.165) is 35.8 Å². The molecule has 0 unspecified atom stereocenters. The Morgan fingerprint density at radius 3 is 2.40 bits per heavy atom. The Morgan fingerprint density at radius 2 is 1.72 bits per heavy atom. The standard InChI is InChI=1S/C20H27NO4/c1-15(18(22)14-25-17-7-5-4-6-8-17)21-12-11-16-9-10-19(23-2)20(13-16)24-3/h4-10,13,15,18,21-22H,11-12,14H2,1-3H3/t15-,18+/m1/s1. The van der Waals surface area contributed by atoms with E-state index < -0.39 is 6.10 Å². The van der Waals surface area contributed by atoms with E-state index in [9.17, 15) is 5.11 Å². The number of benzene rings is 2. The summed E-state index contributed by atoms with van der Waals surface area (Å²) in [6.07, 6.45) is 0.252. The van der Waals surface area contributed by atoms with Crippen molar-refractivity contribution in [1.29, 1.82) is 0 Å². The van der Waals surface area contributed by atoms with Crippen molar-refractivity contribution in [2.45, 2.75) is 25.5 Å². The number of hydrogen-bond donors (Lipinski definition) is 2. The predicted molar refractivity (Wildman–Crippen MR) is 98.7 cm³/mol. The van der Waals surface area contributed by atoms with Crippen molar-refractivity contribution >= 4 is 0 Å². The Bertz CT molecular complexity index is 633. The van der Waals surface area contributed by atoms with Gasteiger partial charge in [-0.1, -0.05) is 24.3 Å². The SMILES string of the molecule is COc1ccc(CCN[C@H](C)[C@@H](O)COc2ccccc2)cc1OC. The lowest BCUT2D eigenvalue weighted by Gasteiger charge is -2.21. The van der Waals surface area contributed by atoms with Crippen molar-refractivity contribution in [3.63, 3.8) is 0 Å². The van der Waals surface area contributed by atoms with Crippen LogP contribution in [0.3, 0.4) is 0 Å². The van der Waals surface area contributed by atoms with E-state index in [2.05, 4.69) is 5.32 Å². The highest BCUT2D eigenvalue weighted by Gasteiger charge is 2.14. The lowest BCUT2D eigenvalue weighted by atomic mass is 10.1. The van der Waals surface area contributed by atoms with Crippen LogP contribution < -0.4 is 19.5 Å². The zero-order valence-corrected chi connectivity index (χ0v) is 15.1. The van der Waals surface area contributed by atoms with Gasteiger partial charge in [0.15, 0.2) is 11.5 Å². The number of para-hydroxylation sites is 1. The van der Waals surface area contributed by atoms with Crippen molar-refractivity contribution in [2.75, 3.05) is 27.4 Å². The second kappa shape index (κ2) is 9.91. The third-order valence-electron chi connectivity index (χ3n) is 4.07. The van der Waals surface area contributed by atoms with Gasteiger partial charge in [0, 0.05) is 6.04 Å². The third-order valence-corrected chi connectivity index (χ3v) is 4.07. The van der Waals surface area contributed by atoms with Gasteiger partial charge < -0.3 is 24.6 Å². The van der Waals surface area contributed by atoms with Crippen LogP contribution in [0.5, 0.6) is 17.2 Å². The molecular weight excluding hydrogens is 318 g/mol. The fourth-order valence-electron chi connectivity index (χ4n) is 2.46. The number of aliphatic hydroxyl groups excluding tert-OH is 1. The molecule has 0 amide bonds. The highest BCUT2D eigenvalue weighted by molar-refractivity contribution is 5.42. The molecule has 0 saturated heterocycles. The van der Waals surface area contributed by atoms with E-state index in [1.807, 2.05) is 55.5 Å².